The van der Waals surface area contributed by atoms with Crippen molar-refractivity contribution < 1.29 is 9.13 Å². The van der Waals surface area contributed by atoms with E-state index < -0.39 is 11.9 Å². The predicted molar refractivity (Wildman–Crippen MR) is 125 cm³/mol. The highest BCUT2D eigenvalue weighted by atomic mass is 35.5. The standard InChI is InChI=1S/C23H23FN8O.ClH/c1-14-23(29-30-32(14)18-5-7-26-8-6-18)16-9-21-28-13-19(11-25)31(21)22(10-16)33-15(2)20-4-3-17(24)12-27-20;/h3-4,9-10,12-13,15,18,26H,5-8H2,1-2H3;1H/t15-;/m1./s1. The van der Waals surface area contributed by atoms with Crippen LogP contribution in [0.1, 0.15) is 49.0 Å². The average Bonchev–Trinajstić information content (AvgIpc) is 3.43. The summed E-state index contributed by atoms with van der Waals surface area (Å²) >= 11 is 0. The van der Waals surface area contributed by atoms with Crippen molar-refractivity contribution in [2.75, 3.05) is 13.1 Å². The van der Waals surface area contributed by atoms with E-state index in [4.69, 9.17) is 4.74 Å². The number of hydrogen-bond donors (Lipinski definition) is 1. The molecule has 1 saturated heterocycles. The molecule has 1 fully saturated rings. The van der Waals surface area contributed by atoms with E-state index in [9.17, 15) is 9.65 Å². The number of imidazole rings is 1. The van der Waals surface area contributed by atoms with Crippen molar-refractivity contribution in [2.24, 2.45) is 0 Å². The number of piperidine rings is 1. The van der Waals surface area contributed by atoms with Crippen LogP contribution in [0.25, 0.3) is 16.9 Å². The minimum Gasteiger partial charge on any atom is -0.469 e. The number of halogens is 2. The summed E-state index contributed by atoms with van der Waals surface area (Å²) in [4.78, 5) is 8.50. The molecular formula is C23H24ClFN8O. The summed E-state index contributed by atoms with van der Waals surface area (Å²) in [6.07, 6.45) is 4.19. The maximum Gasteiger partial charge on any atom is 0.201 e. The molecule has 1 atom stereocenters. The Balaban J connectivity index is 0.00000274. The van der Waals surface area contributed by atoms with Crippen LogP contribution in [0.3, 0.4) is 0 Å². The summed E-state index contributed by atoms with van der Waals surface area (Å²) in [5.74, 6) is 0.00927. The van der Waals surface area contributed by atoms with Crippen LogP contribution in [0, 0.1) is 24.1 Å². The van der Waals surface area contributed by atoms with Gasteiger partial charge in [0.1, 0.15) is 35.0 Å². The maximum absolute atomic E-state index is 13.3. The Morgan fingerprint density at radius 2 is 2.00 bits per heavy atom. The van der Waals surface area contributed by atoms with Gasteiger partial charge in [-0.05, 0) is 58.0 Å². The third kappa shape index (κ3) is 4.32. The fraction of sp³-hybridized carbons (Fsp3) is 0.348. The Kier molecular flexibility index (Phi) is 6.77. The molecule has 1 aliphatic heterocycles. The lowest BCUT2D eigenvalue weighted by Gasteiger charge is -2.23. The van der Waals surface area contributed by atoms with E-state index in [1.165, 1.54) is 12.3 Å². The quantitative estimate of drug-likeness (QED) is 0.461. The van der Waals surface area contributed by atoms with Crippen molar-refractivity contribution in [2.45, 2.75) is 38.8 Å². The molecule has 4 aromatic heterocycles. The molecule has 0 aromatic carbocycles. The lowest BCUT2D eigenvalue weighted by Crippen LogP contribution is -2.30. The van der Waals surface area contributed by atoms with Gasteiger partial charge in [0, 0.05) is 11.6 Å². The third-order valence-electron chi connectivity index (χ3n) is 6.01. The number of ether oxygens (including phenoxy) is 1. The van der Waals surface area contributed by atoms with Crippen molar-refractivity contribution in [1.29, 1.82) is 5.26 Å². The van der Waals surface area contributed by atoms with Crippen molar-refractivity contribution in [1.82, 2.24) is 34.7 Å². The monoisotopic (exact) mass is 482 g/mol. The summed E-state index contributed by atoms with van der Waals surface area (Å²) in [5.41, 5.74) is 3.99. The van der Waals surface area contributed by atoms with Gasteiger partial charge in [-0.15, -0.1) is 17.5 Å². The molecule has 0 amide bonds. The lowest BCUT2D eigenvalue weighted by atomic mass is 10.1. The van der Waals surface area contributed by atoms with E-state index in [-0.39, 0.29) is 12.4 Å². The van der Waals surface area contributed by atoms with E-state index >= 15 is 0 Å². The second-order valence-corrected chi connectivity index (χ2v) is 8.14. The summed E-state index contributed by atoms with van der Waals surface area (Å²) in [5, 5.41) is 21.8. The normalized spacial score (nSPS) is 15.0. The topological polar surface area (TPSA) is 106 Å². The average molecular weight is 483 g/mol. The van der Waals surface area contributed by atoms with E-state index in [1.54, 1.807) is 10.5 Å². The molecule has 0 radical (unpaired) electrons. The van der Waals surface area contributed by atoms with Gasteiger partial charge in [0.25, 0.3) is 0 Å². The molecule has 0 aliphatic carbocycles. The Morgan fingerprint density at radius 1 is 1.21 bits per heavy atom. The number of hydrogen-bond acceptors (Lipinski definition) is 7. The second-order valence-electron chi connectivity index (χ2n) is 8.14. The molecule has 176 valence electrons. The number of fused-ring (bicyclic) bond motifs is 1. The molecule has 5 heterocycles. The van der Waals surface area contributed by atoms with Gasteiger partial charge >= 0.3 is 0 Å². The van der Waals surface area contributed by atoms with Crippen molar-refractivity contribution in [3.05, 3.63) is 59.6 Å². The fourth-order valence-electron chi connectivity index (χ4n) is 4.26. The highest BCUT2D eigenvalue weighted by molar-refractivity contribution is 5.85. The smallest absolute Gasteiger partial charge is 0.201 e. The van der Waals surface area contributed by atoms with Gasteiger partial charge in [-0.25, -0.2) is 14.1 Å². The molecule has 5 rings (SSSR count). The molecule has 0 bridgehead atoms. The van der Waals surface area contributed by atoms with Gasteiger partial charge in [0.2, 0.25) is 5.88 Å². The number of nitrogens with zero attached hydrogens (tertiary/aromatic N) is 7. The first-order valence-electron chi connectivity index (χ1n) is 10.9. The van der Waals surface area contributed by atoms with Crippen LogP contribution in [-0.2, 0) is 0 Å². The summed E-state index contributed by atoms with van der Waals surface area (Å²) < 4.78 is 23.1. The Hall–Kier alpha value is -3.55. The highest BCUT2D eigenvalue weighted by Crippen LogP contribution is 2.32. The van der Waals surface area contributed by atoms with Crippen LogP contribution in [-0.4, -0.2) is 42.5 Å². The minimum absolute atomic E-state index is 0. The van der Waals surface area contributed by atoms with Gasteiger partial charge in [-0.3, -0.25) is 9.38 Å². The Labute approximate surface area is 202 Å². The first-order chi connectivity index (χ1) is 16.0. The van der Waals surface area contributed by atoms with E-state index in [0.717, 1.165) is 49.1 Å². The zero-order valence-electron chi connectivity index (χ0n) is 18.8. The predicted octanol–water partition coefficient (Wildman–Crippen LogP) is 3.79. The second kappa shape index (κ2) is 9.75. The molecule has 34 heavy (non-hydrogen) atoms. The van der Waals surface area contributed by atoms with Crippen LogP contribution >= 0.6 is 12.4 Å². The molecule has 1 N–H and O–H groups in total. The molecular weight excluding hydrogens is 459 g/mol. The molecule has 11 heteroatoms. The molecule has 1 aliphatic rings. The minimum atomic E-state index is -0.482. The van der Waals surface area contributed by atoms with Crippen molar-refractivity contribution in [3.8, 4) is 23.2 Å². The molecule has 0 saturated carbocycles. The zero-order valence-corrected chi connectivity index (χ0v) is 19.6. The van der Waals surface area contributed by atoms with Crippen LogP contribution in [0.2, 0.25) is 0 Å². The Morgan fingerprint density at radius 3 is 2.71 bits per heavy atom. The maximum atomic E-state index is 13.3. The number of rotatable bonds is 5. The molecule has 4 aromatic rings. The van der Waals surface area contributed by atoms with Crippen LogP contribution < -0.4 is 10.1 Å². The number of aromatic nitrogens is 6. The van der Waals surface area contributed by atoms with Gasteiger partial charge in [0.05, 0.1) is 29.8 Å². The van der Waals surface area contributed by atoms with Crippen LogP contribution in [0.4, 0.5) is 4.39 Å². The summed E-state index contributed by atoms with van der Waals surface area (Å²) in [7, 11) is 0. The zero-order chi connectivity index (χ0) is 22.9. The summed E-state index contributed by atoms with van der Waals surface area (Å²) in [6.45, 7) is 5.76. The van der Waals surface area contributed by atoms with Gasteiger partial charge in [0.15, 0.2) is 0 Å². The highest BCUT2D eigenvalue weighted by Gasteiger charge is 2.22. The number of nitrogens with one attached hydrogen (secondary N) is 1. The third-order valence-corrected chi connectivity index (χ3v) is 6.01. The molecule has 0 spiro atoms. The summed E-state index contributed by atoms with van der Waals surface area (Å²) in [6, 6.07) is 9.09. The van der Waals surface area contributed by atoms with Crippen LogP contribution in [0.15, 0.2) is 36.7 Å². The first kappa shape index (κ1) is 23.6. The molecule has 0 unspecified atom stereocenters. The largest absolute Gasteiger partial charge is 0.469 e. The van der Waals surface area contributed by atoms with Gasteiger partial charge < -0.3 is 10.1 Å². The van der Waals surface area contributed by atoms with E-state index in [2.05, 4.69) is 31.7 Å². The van der Waals surface area contributed by atoms with Crippen molar-refractivity contribution >= 4 is 18.1 Å². The first-order valence-corrected chi connectivity index (χ1v) is 10.9. The van der Waals surface area contributed by atoms with Crippen molar-refractivity contribution in [3.63, 3.8) is 0 Å². The van der Waals surface area contributed by atoms with Gasteiger partial charge in [-0.1, -0.05) is 5.21 Å². The number of pyridine rings is 2. The number of nitriles is 1. The van der Waals surface area contributed by atoms with E-state index in [0.29, 0.717) is 29.0 Å². The fourth-order valence-corrected chi connectivity index (χ4v) is 4.26. The SMILES string of the molecule is Cc1c(-c2cc(O[C@H](C)c3ccc(F)cn3)n3c(C#N)cnc3c2)nnn1C1CCNCC1.Cl. The van der Waals surface area contributed by atoms with Crippen LogP contribution in [0.5, 0.6) is 5.88 Å². The molecule has 9 nitrogen and oxygen atoms in total. The van der Waals surface area contributed by atoms with E-state index in [1.807, 2.05) is 30.7 Å². The van der Waals surface area contributed by atoms with Gasteiger partial charge in [-0.2, -0.15) is 5.26 Å². The Bertz CT molecular complexity index is 1340. The lowest BCUT2D eigenvalue weighted by molar-refractivity contribution is 0.209.